The molecule has 1 aromatic carbocycles. The van der Waals surface area contributed by atoms with Crippen molar-refractivity contribution in [2.45, 2.75) is 32.1 Å². The van der Waals surface area contributed by atoms with E-state index in [0.29, 0.717) is 6.61 Å². The van der Waals surface area contributed by atoms with Crippen LogP contribution in [0.1, 0.15) is 31.2 Å². The summed E-state index contributed by atoms with van der Waals surface area (Å²) >= 11 is 0. The van der Waals surface area contributed by atoms with E-state index in [2.05, 4.69) is 29.0 Å². The molecule has 16 heavy (non-hydrogen) atoms. The lowest BCUT2D eigenvalue weighted by Gasteiger charge is -2.02. The molecule has 3 nitrogen and oxygen atoms in total. The van der Waals surface area contributed by atoms with E-state index >= 15 is 0 Å². The summed E-state index contributed by atoms with van der Waals surface area (Å²) in [7, 11) is 0. The summed E-state index contributed by atoms with van der Waals surface area (Å²) in [6.45, 7) is 0.445. The van der Waals surface area contributed by atoms with Crippen LogP contribution in [0.4, 0.5) is 4.79 Å². The first-order valence-corrected chi connectivity index (χ1v) is 5.75. The third kappa shape index (κ3) is 6.06. The Balaban J connectivity index is 1.94. The van der Waals surface area contributed by atoms with Crippen molar-refractivity contribution in [1.29, 1.82) is 0 Å². The van der Waals surface area contributed by atoms with Gasteiger partial charge >= 0.3 is 6.09 Å². The maximum absolute atomic E-state index is 10.3. The summed E-state index contributed by atoms with van der Waals surface area (Å²) in [5.74, 6) is 0. The monoisotopic (exact) mass is 221 g/mol. The molecule has 2 N–H and O–H groups in total. The molecule has 0 fully saturated rings. The number of carbonyl (C=O) groups excluding carboxylic acids is 1. The van der Waals surface area contributed by atoms with Gasteiger partial charge < -0.3 is 10.5 Å². The van der Waals surface area contributed by atoms with E-state index in [-0.39, 0.29) is 0 Å². The van der Waals surface area contributed by atoms with Crippen LogP contribution < -0.4 is 5.73 Å². The average molecular weight is 221 g/mol. The first-order valence-electron chi connectivity index (χ1n) is 5.75. The number of rotatable bonds is 7. The Morgan fingerprint density at radius 1 is 1.06 bits per heavy atom. The minimum absolute atomic E-state index is 0.445. The van der Waals surface area contributed by atoms with E-state index in [0.717, 1.165) is 25.7 Å². The van der Waals surface area contributed by atoms with E-state index in [1.54, 1.807) is 0 Å². The fourth-order valence-corrected chi connectivity index (χ4v) is 1.60. The van der Waals surface area contributed by atoms with Gasteiger partial charge in [0, 0.05) is 0 Å². The Morgan fingerprint density at radius 3 is 2.44 bits per heavy atom. The molecule has 88 valence electrons. The van der Waals surface area contributed by atoms with Crippen LogP contribution >= 0.6 is 0 Å². The van der Waals surface area contributed by atoms with Crippen LogP contribution in [-0.2, 0) is 11.2 Å². The van der Waals surface area contributed by atoms with Crippen LogP contribution in [0.5, 0.6) is 0 Å². The summed E-state index contributed by atoms with van der Waals surface area (Å²) in [6, 6.07) is 10.5. The number of hydrogen-bond donors (Lipinski definition) is 1. The molecule has 0 atom stereocenters. The molecule has 0 bridgehead atoms. The van der Waals surface area contributed by atoms with Gasteiger partial charge in [0.05, 0.1) is 6.61 Å². The van der Waals surface area contributed by atoms with Crippen molar-refractivity contribution in [2.75, 3.05) is 6.61 Å². The van der Waals surface area contributed by atoms with Gasteiger partial charge in [-0.3, -0.25) is 0 Å². The maximum atomic E-state index is 10.3. The number of unbranched alkanes of at least 4 members (excludes halogenated alkanes) is 3. The van der Waals surface area contributed by atoms with Gasteiger partial charge in [0.25, 0.3) is 0 Å². The maximum Gasteiger partial charge on any atom is 0.404 e. The molecule has 0 aromatic heterocycles. The molecule has 0 aliphatic heterocycles. The molecule has 1 amide bonds. The number of benzene rings is 1. The lowest BCUT2D eigenvalue weighted by atomic mass is 10.1. The average Bonchev–Trinajstić information content (AvgIpc) is 2.29. The summed E-state index contributed by atoms with van der Waals surface area (Å²) in [5, 5.41) is 0. The van der Waals surface area contributed by atoms with Gasteiger partial charge in [0.1, 0.15) is 0 Å². The van der Waals surface area contributed by atoms with Crippen LogP contribution in [-0.4, -0.2) is 12.7 Å². The lowest BCUT2D eigenvalue weighted by molar-refractivity contribution is 0.154. The standard InChI is InChI=1S/C13H19NO2/c14-13(15)16-11-7-2-1-4-8-12-9-5-3-6-10-12/h3,5-6,9-10H,1-2,4,7-8,11H2,(H2,14,15). The normalized spacial score (nSPS) is 10.0. The molecular formula is C13H19NO2. The van der Waals surface area contributed by atoms with Gasteiger partial charge in [-0.25, -0.2) is 4.79 Å². The molecule has 0 unspecified atom stereocenters. The molecule has 0 saturated heterocycles. The van der Waals surface area contributed by atoms with E-state index < -0.39 is 6.09 Å². The van der Waals surface area contributed by atoms with Crippen LogP contribution in [0.3, 0.4) is 0 Å². The van der Waals surface area contributed by atoms with Crippen LogP contribution in [0.2, 0.25) is 0 Å². The second-order valence-electron chi connectivity index (χ2n) is 3.82. The van der Waals surface area contributed by atoms with Gasteiger partial charge in [-0.15, -0.1) is 0 Å². The first-order chi connectivity index (χ1) is 7.79. The fraction of sp³-hybridized carbons (Fsp3) is 0.462. The molecule has 0 saturated carbocycles. The van der Waals surface area contributed by atoms with Crippen molar-refractivity contribution < 1.29 is 9.53 Å². The Morgan fingerprint density at radius 2 is 1.75 bits per heavy atom. The van der Waals surface area contributed by atoms with Crippen molar-refractivity contribution in [3.63, 3.8) is 0 Å². The first kappa shape index (κ1) is 12.6. The molecule has 0 aliphatic rings. The fourth-order valence-electron chi connectivity index (χ4n) is 1.60. The van der Waals surface area contributed by atoms with Crippen molar-refractivity contribution in [2.24, 2.45) is 5.73 Å². The minimum atomic E-state index is -0.677. The topological polar surface area (TPSA) is 52.3 Å². The van der Waals surface area contributed by atoms with Gasteiger partial charge in [0.15, 0.2) is 0 Å². The molecule has 1 rings (SSSR count). The van der Waals surface area contributed by atoms with Gasteiger partial charge in [-0.05, 0) is 24.8 Å². The number of primary amides is 1. The predicted molar refractivity (Wildman–Crippen MR) is 64.1 cm³/mol. The zero-order valence-corrected chi connectivity index (χ0v) is 9.52. The molecular weight excluding hydrogens is 202 g/mol. The summed E-state index contributed by atoms with van der Waals surface area (Å²) in [4.78, 5) is 10.3. The highest BCUT2D eigenvalue weighted by molar-refractivity contribution is 5.64. The van der Waals surface area contributed by atoms with E-state index in [1.165, 1.54) is 12.0 Å². The van der Waals surface area contributed by atoms with Gasteiger partial charge in [-0.1, -0.05) is 43.2 Å². The molecule has 0 radical (unpaired) electrons. The highest BCUT2D eigenvalue weighted by Gasteiger charge is 1.95. The molecule has 0 aliphatic carbocycles. The third-order valence-electron chi connectivity index (χ3n) is 2.45. The highest BCUT2D eigenvalue weighted by Crippen LogP contribution is 2.07. The second-order valence-corrected chi connectivity index (χ2v) is 3.82. The largest absolute Gasteiger partial charge is 0.450 e. The van der Waals surface area contributed by atoms with Crippen molar-refractivity contribution >= 4 is 6.09 Å². The number of ether oxygens (including phenoxy) is 1. The number of amides is 1. The molecule has 0 heterocycles. The molecule has 0 spiro atoms. The Kier molecular flexibility index (Phi) is 6.07. The van der Waals surface area contributed by atoms with Crippen LogP contribution in [0, 0.1) is 0 Å². The van der Waals surface area contributed by atoms with E-state index in [4.69, 9.17) is 5.73 Å². The van der Waals surface area contributed by atoms with Crippen molar-refractivity contribution in [3.05, 3.63) is 35.9 Å². The summed E-state index contributed by atoms with van der Waals surface area (Å²) < 4.78 is 4.65. The Hall–Kier alpha value is -1.51. The van der Waals surface area contributed by atoms with Crippen molar-refractivity contribution in [3.8, 4) is 0 Å². The molecule has 3 heteroatoms. The highest BCUT2D eigenvalue weighted by atomic mass is 16.5. The van der Waals surface area contributed by atoms with Gasteiger partial charge in [0.2, 0.25) is 0 Å². The van der Waals surface area contributed by atoms with Crippen molar-refractivity contribution in [1.82, 2.24) is 0 Å². The third-order valence-corrected chi connectivity index (χ3v) is 2.45. The van der Waals surface area contributed by atoms with Gasteiger partial charge in [-0.2, -0.15) is 0 Å². The quantitative estimate of drug-likeness (QED) is 0.720. The Labute approximate surface area is 96.6 Å². The minimum Gasteiger partial charge on any atom is -0.450 e. The van der Waals surface area contributed by atoms with E-state index in [9.17, 15) is 4.79 Å². The Bertz CT molecular complexity index is 298. The zero-order chi connectivity index (χ0) is 11.6. The smallest absolute Gasteiger partial charge is 0.404 e. The zero-order valence-electron chi connectivity index (χ0n) is 9.52. The number of aryl methyl sites for hydroxylation is 1. The van der Waals surface area contributed by atoms with Crippen LogP contribution in [0.15, 0.2) is 30.3 Å². The second kappa shape index (κ2) is 7.74. The SMILES string of the molecule is NC(=O)OCCCCCCc1ccccc1. The number of nitrogens with two attached hydrogens (primary N) is 1. The predicted octanol–water partition coefficient (Wildman–Crippen LogP) is 2.88. The summed E-state index contributed by atoms with van der Waals surface area (Å²) in [6.07, 6.45) is 4.77. The number of carbonyl (C=O) groups is 1. The number of hydrogen-bond acceptors (Lipinski definition) is 2. The molecule has 1 aromatic rings. The lowest BCUT2D eigenvalue weighted by Crippen LogP contribution is -2.13. The summed E-state index contributed by atoms with van der Waals surface area (Å²) in [5.41, 5.74) is 6.23. The van der Waals surface area contributed by atoms with Crippen LogP contribution in [0.25, 0.3) is 0 Å². The van der Waals surface area contributed by atoms with E-state index in [1.807, 2.05) is 6.07 Å².